The van der Waals surface area contributed by atoms with Gasteiger partial charge >= 0.3 is 12.2 Å². The van der Waals surface area contributed by atoms with Gasteiger partial charge in [-0.1, -0.05) is 12.1 Å². The first kappa shape index (κ1) is 16.1. The second kappa shape index (κ2) is 6.38. The Kier molecular flexibility index (Phi) is 4.28. The summed E-state index contributed by atoms with van der Waals surface area (Å²) in [5.41, 5.74) is 3.72. The lowest BCUT2D eigenvalue weighted by molar-refractivity contribution is -0.137. The van der Waals surface area contributed by atoms with Gasteiger partial charge in [0.05, 0.1) is 17.0 Å². The molecule has 8 heteroatoms. The summed E-state index contributed by atoms with van der Waals surface area (Å²) in [5, 5.41) is 6.55. The second-order valence-electron chi connectivity index (χ2n) is 5.39. The van der Waals surface area contributed by atoms with E-state index in [1.165, 1.54) is 12.1 Å². The van der Waals surface area contributed by atoms with Crippen LogP contribution in [0.3, 0.4) is 0 Å². The topological polar surface area (TPSA) is 58.4 Å². The third kappa shape index (κ3) is 3.58. The van der Waals surface area contributed by atoms with E-state index >= 15 is 0 Å². The van der Waals surface area contributed by atoms with Gasteiger partial charge in [-0.3, -0.25) is 0 Å². The lowest BCUT2D eigenvalue weighted by Gasteiger charge is -2.09. The van der Waals surface area contributed by atoms with Gasteiger partial charge in [0.1, 0.15) is 0 Å². The number of hydrazone groups is 1. The van der Waals surface area contributed by atoms with Gasteiger partial charge in [-0.2, -0.15) is 18.3 Å². The molecule has 1 aromatic carbocycles. The number of nitrogens with one attached hydrogen (secondary N) is 2. The molecule has 0 spiro atoms. The highest BCUT2D eigenvalue weighted by Crippen LogP contribution is 2.29. The molecule has 0 unspecified atom stereocenters. The molecule has 0 fully saturated rings. The van der Waals surface area contributed by atoms with Crippen LogP contribution in [0.15, 0.2) is 47.7 Å². The van der Waals surface area contributed by atoms with Gasteiger partial charge in [0.15, 0.2) is 0 Å². The van der Waals surface area contributed by atoms with Crippen molar-refractivity contribution in [2.75, 3.05) is 0 Å². The maximum absolute atomic E-state index is 12.6. The molecule has 24 heavy (non-hydrogen) atoms. The Morgan fingerprint density at radius 1 is 1.25 bits per heavy atom. The van der Waals surface area contributed by atoms with E-state index in [0.717, 1.165) is 36.5 Å². The Morgan fingerprint density at radius 2 is 2.08 bits per heavy atom. The van der Waals surface area contributed by atoms with Crippen LogP contribution in [0.1, 0.15) is 23.2 Å². The van der Waals surface area contributed by atoms with Crippen LogP contribution in [0.4, 0.5) is 18.0 Å². The molecule has 0 aliphatic carbocycles. The molecule has 2 heterocycles. The van der Waals surface area contributed by atoms with E-state index in [1.807, 2.05) is 22.9 Å². The average Bonchev–Trinajstić information content (AvgIpc) is 3.14. The van der Waals surface area contributed by atoms with Crippen LogP contribution in [0.2, 0.25) is 0 Å². The van der Waals surface area contributed by atoms with E-state index in [2.05, 4.69) is 15.8 Å². The molecule has 126 valence electrons. The van der Waals surface area contributed by atoms with Crippen molar-refractivity contribution in [1.82, 2.24) is 15.3 Å². The number of rotatable bonds is 3. The molecule has 3 rings (SSSR count). The smallest absolute Gasteiger partial charge is 0.346 e. The normalized spacial score (nSPS) is 15.4. The minimum Gasteiger partial charge on any atom is -0.346 e. The van der Waals surface area contributed by atoms with Gasteiger partial charge in [-0.05, 0) is 29.8 Å². The number of fused-ring (bicyclic) bond motifs is 1. The number of hydrogen-bond donors (Lipinski definition) is 2. The maximum atomic E-state index is 12.6. The molecule has 2 amide bonds. The average molecular weight is 336 g/mol. The number of nitrogens with zero attached hydrogens (tertiary/aromatic N) is 2. The summed E-state index contributed by atoms with van der Waals surface area (Å²) in [5.74, 6) is 0. The van der Waals surface area contributed by atoms with Crippen molar-refractivity contribution in [2.45, 2.75) is 25.7 Å². The number of aromatic nitrogens is 1. The predicted molar refractivity (Wildman–Crippen MR) is 82.4 cm³/mol. The standard InChI is InChI=1S/C16H15F3N4O/c17-16(18,19)12-4-1-3-11(9-12)10-20-15(24)22-21-13-6-8-23-7-2-5-14(13)23/h1-5,7,9H,6,8,10H2,(H2,20,22,24). The van der Waals surface area contributed by atoms with Crippen LogP contribution in [-0.4, -0.2) is 16.3 Å². The number of carbonyl (C=O) groups is 1. The lowest BCUT2D eigenvalue weighted by atomic mass is 10.1. The van der Waals surface area contributed by atoms with Gasteiger partial charge in [0.2, 0.25) is 0 Å². The highest BCUT2D eigenvalue weighted by molar-refractivity contribution is 6.01. The van der Waals surface area contributed by atoms with Crippen molar-refractivity contribution in [2.24, 2.45) is 5.10 Å². The zero-order valence-electron chi connectivity index (χ0n) is 12.6. The number of benzene rings is 1. The van der Waals surface area contributed by atoms with Crippen LogP contribution in [-0.2, 0) is 19.3 Å². The summed E-state index contributed by atoms with van der Waals surface area (Å²) >= 11 is 0. The molecule has 1 aliphatic rings. The minimum absolute atomic E-state index is 0.0169. The number of alkyl halides is 3. The van der Waals surface area contributed by atoms with E-state index < -0.39 is 17.8 Å². The van der Waals surface area contributed by atoms with Crippen LogP contribution < -0.4 is 10.7 Å². The third-order valence-corrected chi connectivity index (χ3v) is 3.71. The number of aryl methyl sites for hydroxylation is 1. The molecule has 0 saturated carbocycles. The Labute approximate surface area is 136 Å². The fraction of sp³-hybridized carbons (Fsp3) is 0.250. The molecule has 0 bridgehead atoms. The van der Waals surface area contributed by atoms with Crippen molar-refractivity contribution in [3.8, 4) is 0 Å². The molecular weight excluding hydrogens is 321 g/mol. The first-order valence-corrected chi connectivity index (χ1v) is 7.35. The Balaban J connectivity index is 1.55. The van der Waals surface area contributed by atoms with Crippen molar-refractivity contribution < 1.29 is 18.0 Å². The number of hydrogen-bond acceptors (Lipinski definition) is 2. The molecule has 2 N–H and O–H groups in total. The number of halogens is 3. The SMILES string of the molecule is O=C(NCc1cccc(C(F)(F)F)c1)NN=C1CCn2cccc21. The first-order valence-electron chi connectivity index (χ1n) is 7.35. The number of carbonyl (C=O) groups excluding carboxylic acids is 1. The van der Waals surface area contributed by atoms with E-state index in [0.29, 0.717) is 5.56 Å². The zero-order valence-corrected chi connectivity index (χ0v) is 12.6. The molecule has 1 aliphatic heterocycles. The molecule has 5 nitrogen and oxygen atoms in total. The zero-order chi connectivity index (χ0) is 17.2. The summed E-state index contributed by atoms with van der Waals surface area (Å²) in [4.78, 5) is 11.7. The second-order valence-corrected chi connectivity index (χ2v) is 5.39. The van der Waals surface area contributed by atoms with Gasteiger partial charge in [0.25, 0.3) is 0 Å². The highest BCUT2D eigenvalue weighted by Gasteiger charge is 2.30. The predicted octanol–water partition coefficient (Wildman–Crippen LogP) is 3.11. The van der Waals surface area contributed by atoms with Gasteiger partial charge < -0.3 is 9.88 Å². The monoisotopic (exact) mass is 336 g/mol. The van der Waals surface area contributed by atoms with E-state index in [-0.39, 0.29) is 6.54 Å². The first-order chi connectivity index (χ1) is 11.4. The highest BCUT2D eigenvalue weighted by atomic mass is 19.4. The Hall–Kier alpha value is -2.77. The summed E-state index contributed by atoms with van der Waals surface area (Å²) in [6.45, 7) is 0.797. The fourth-order valence-electron chi connectivity index (χ4n) is 2.54. The molecule has 1 aromatic heterocycles. The van der Waals surface area contributed by atoms with E-state index in [1.54, 1.807) is 0 Å². The van der Waals surface area contributed by atoms with Crippen LogP contribution in [0, 0.1) is 0 Å². The fourth-order valence-corrected chi connectivity index (χ4v) is 2.54. The molecule has 0 saturated heterocycles. The minimum atomic E-state index is -4.40. The maximum Gasteiger partial charge on any atom is 0.416 e. The van der Waals surface area contributed by atoms with Crippen molar-refractivity contribution >= 4 is 11.7 Å². The summed E-state index contributed by atoms with van der Waals surface area (Å²) in [6, 6.07) is 8.08. The molecule has 0 atom stereocenters. The quantitative estimate of drug-likeness (QED) is 0.832. The summed E-state index contributed by atoms with van der Waals surface area (Å²) < 4.78 is 39.9. The Bertz CT molecular complexity index is 780. The van der Waals surface area contributed by atoms with Crippen LogP contribution in [0.25, 0.3) is 0 Å². The van der Waals surface area contributed by atoms with E-state index in [4.69, 9.17) is 0 Å². The van der Waals surface area contributed by atoms with Crippen LogP contribution in [0.5, 0.6) is 0 Å². The third-order valence-electron chi connectivity index (χ3n) is 3.71. The van der Waals surface area contributed by atoms with Crippen LogP contribution >= 0.6 is 0 Å². The van der Waals surface area contributed by atoms with Crippen molar-refractivity contribution in [3.05, 3.63) is 59.4 Å². The largest absolute Gasteiger partial charge is 0.416 e. The lowest BCUT2D eigenvalue weighted by Crippen LogP contribution is -2.32. The molecule has 0 radical (unpaired) electrons. The van der Waals surface area contributed by atoms with Gasteiger partial charge in [0, 0.05) is 25.7 Å². The van der Waals surface area contributed by atoms with Crippen molar-refractivity contribution in [3.63, 3.8) is 0 Å². The summed E-state index contributed by atoms with van der Waals surface area (Å²) in [7, 11) is 0. The van der Waals surface area contributed by atoms with Crippen molar-refractivity contribution in [1.29, 1.82) is 0 Å². The molecule has 2 aromatic rings. The van der Waals surface area contributed by atoms with E-state index in [9.17, 15) is 18.0 Å². The number of urea groups is 1. The van der Waals surface area contributed by atoms with Gasteiger partial charge in [-0.15, -0.1) is 0 Å². The van der Waals surface area contributed by atoms with Gasteiger partial charge in [-0.25, -0.2) is 10.2 Å². The summed E-state index contributed by atoms with van der Waals surface area (Å²) in [6.07, 6.45) is -1.74. The number of amides is 2. The molecular formula is C16H15F3N4O. The Morgan fingerprint density at radius 3 is 2.88 bits per heavy atom.